The zero-order chi connectivity index (χ0) is 14.5. The van der Waals surface area contributed by atoms with Crippen molar-refractivity contribution in [1.82, 2.24) is 0 Å². The van der Waals surface area contributed by atoms with Crippen molar-refractivity contribution in [2.24, 2.45) is 0 Å². The van der Waals surface area contributed by atoms with Gasteiger partial charge in [0.2, 0.25) is 0 Å². The van der Waals surface area contributed by atoms with E-state index in [1.165, 1.54) is 7.11 Å². The largest absolute Gasteiger partial charge is 0.497 e. The molecule has 0 amide bonds. The number of hydrogen-bond donors (Lipinski definition) is 0. The normalized spacial score (nSPS) is 13.5. The molecule has 0 aliphatic carbocycles. The number of Topliss-reactive ketones (excluding diaryl/α,β-unsaturated/α-hetero) is 1. The van der Waals surface area contributed by atoms with Crippen LogP contribution in [-0.4, -0.2) is 30.8 Å². The maximum Gasteiger partial charge on any atom is 0.323 e. The van der Waals surface area contributed by atoms with Crippen LogP contribution in [-0.2, 0) is 19.7 Å². The van der Waals surface area contributed by atoms with Crippen LogP contribution in [0.4, 0.5) is 0 Å². The summed E-state index contributed by atoms with van der Waals surface area (Å²) in [5.74, 6) is -0.206. The van der Waals surface area contributed by atoms with E-state index in [1.54, 1.807) is 38.1 Å². The minimum atomic E-state index is -1.33. The van der Waals surface area contributed by atoms with Crippen molar-refractivity contribution < 1.29 is 19.1 Å². The first-order chi connectivity index (χ1) is 9.00. The fourth-order valence-corrected chi connectivity index (χ4v) is 2.30. The number of methoxy groups -OCH3 is 1. The molecule has 5 heteroatoms. The van der Waals surface area contributed by atoms with Crippen molar-refractivity contribution >= 4 is 27.7 Å². The molecule has 1 atom stereocenters. The summed E-state index contributed by atoms with van der Waals surface area (Å²) in [5, 5.41) is 0.0829. The molecule has 0 spiro atoms. The van der Waals surface area contributed by atoms with Gasteiger partial charge in [0.25, 0.3) is 0 Å². The third-order valence-electron chi connectivity index (χ3n) is 3.01. The van der Waals surface area contributed by atoms with Crippen LogP contribution in [0.25, 0.3) is 0 Å². The Balaban J connectivity index is 3.30. The van der Waals surface area contributed by atoms with Crippen LogP contribution in [0.3, 0.4) is 0 Å². The van der Waals surface area contributed by atoms with Crippen LogP contribution in [0.15, 0.2) is 24.3 Å². The molecule has 0 saturated heterocycles. The topological polar surface area (TPSA) is 52.6 Å². The highest BCUT2D eigenvalue weighted by molar-refractivity contribution is 9.09. The maximum absolute atomic E-state index is 12.2. The standard InChI is InChI=1S/C14H17BrO4/c1-4-19-13(17)14(2,12(16)9-15)10-6-5-7-11(8-10)18-3/h5-8H,4,9H2,1-3H3. The molecule has 1 aromatic rings. The van der Waals surface area contributed by atoms with E-state index < -0.39 is 11.4 Å². The van der Waals surface area contributed by atoms with Gasteiger partial charge >= 0.3 is 5.97 Å². The summed E-state index contributed by atoms with van der Waals surface area (Å²) in [5.41, 5.74) is -0.761. The Labute approximate surface area is 121 Å². The predicted octanol–water partition coefficient (Wildman–Crippen LogP) is 2.48. The van der Waals surface area contributed by atoms with Crippen LogP contribution >= 0.6 is 15.9 Å². The van der Waals surface area contributed by atoms with Gasteiger partial charge in [-0.15, -0.1) is 0 Å². The molecule has 0 aliphatic rings. The van der Waals surface area contributed by atoms with Crippen molar-refractivity contribution in [2.75, 3.05) is 19.0 Å². The first-order valence-corrected chi connectivity index (χ1v) is 7.03. The second-order valence-electron chi connectivity index (χ2n) is 4.13. The fourth-order valence-electron chi connectivity index (χ4n) is 1.74. The van der Waals surface area contributed by atoms with Crippen LogP contribution < -0.4 is 4.74 Å². The van der Waals surface area contributed by atoms with Crippen LogP contribution in [0.5, 0.6) is 5.75 Å². The highest BCUT2D eigenvalue weighted by Crippen LogP contribution is 2.30. The third-order valence-corrected chi connectivity index (χ3v) is 3.52. The number of benzene rings is 1. The number of rotatable bonds is 6. The lowest BCUT2D eigenvalue weighted by atomic mass is 9.79. The number of alkyl halides is 1. The van der Waals surface area contributed by atoms with Gasteiger partial charge in [-0.1, -0.05) is 28.1 Å². The summed E-state index contributed by atoms with van der Waals surface area (Å²) in [6.45, 7) is 3.51. The van der Waals surface area contributed by atoms with Gasteiger partial charge in [0.05, 0.1) is 19.0 Å². The minimum Gasteiger partial charge on any atom is -0.497 e. The van der Waals surface area contributed by atoms with Crippen LogP contribution in [0.1, 0.15) is 19.4 Å². The Hall–Kier alpha value is -1.36. The molecule has 0 heterocycles. The molecule has 1 rings (SSSR count). The number of ketones is 1. The summed E-state index contributed by atoms with van der Waals surface area (Å²) in [4.78, 5) is 24.3. The molecule has 0 fully saturated rings. The highest BCUT2D eigenvalue weighted by atomic mass is 79.9. The van der Waals surface area contributed by atoms with Crippen molar-refractivity contribution in [2.45, 2.75) is 19.3 Å². The van der Waals surface area contributed by atoms with Crippen molar-refractivity contribution in [3.05, 3.63) is 29.8 Å². The lowest BCUT2D eigenvalue weighted by Crippen LogP contribution is -2.43. The van der Waals surface area contributed by atoms with Gasteiger partial charge in [-0.25, -0.2) is 0 Å². The summed E-state index contributed by atoms with van der Waals surface area (Å²) in [6, 6.07) is 6.90. The number of halogens is 1. The molecule has 0 bridgehead atoms. The van der Waals surface area contributed by atoms with Crippen molar-refractivity contribution in [3.8, 4) is 5.75 Å². The number of esters is 1. The fraction of sp³-hybridized carbons (Fsp3) is 0.429. The van der Waals surface area contributed by atoms with Crippen molar-refractivity contribution in [3.63, 3.8) is 0 Å². The molecule has 0 aliphatic heterocycles. The van der Waals surface area contributed by atoms with Gasteiger partial charge in [0.1, 0.15) is 11.2 Å². The van der Waals surface area contributed by atoms with E-state index in [9.17, 15) is 9.59 Å². The second-order valence-corrected chi connectivity index (χ2v) is 4.69. The number of ether oxygens (including phenoxy) is 2. The molecule has 4 nitrogen and oxygen atoms in total. The predicted molar refractivity (Wildman–Crippen MR) is 75.8 cm³/mol. The smallest absolute Gasteiger partial charge is 0.323 e. The lowest BCUT2D eigenvalue weighted by molar-refractivity contribution is -0.152. The Bertz CT molecular complexity index is 472. The molecule has 104 valence electrons. The Morgan fingerprint density at radius 1 is 1.37 bits per heavy atom. The Morgan fingerprint density at radius 2 is 2.05 bits per heavy atom. The molecule has 1 unspecified atom stereocenters. The summed E-state index contributed by atoms with van der Waals surface area (Å²) in [6.07, 6.45) is 0. The van der Waals surface area contributed by atoms with Gasteiger partial charge in [-0.05, 0) is 31.5 Å². The van der Waals surface area contributed by atoms with E-state index in [2.05, 4.69) is 15.9 Å². The Morgan fingerprint density at radius 3 is 2.58 bits per heavy atom. The van der Waals surface area contributed by atoms with E-state index in [-0.39, 0.29) is 17.7 Å². The monoisotopic (exact) mass is 328 g/mol. The van der Waals surface area contributed by atoms with Crippen LogP contribution in [0, 0.1) is 0 Å². The first kappa shape index (κ1) is 15.7. The Kier molecular flexibility index (Phi) is 5.54. The second kappa shape index (κ2) is 6.70. The quantitative estimate of drug-likeness (QED) is 0.457. The van der Waals surface area contributed by atoms with Gasteiger partial charge < -0.3 is 9.47 Å². The molecule has 19 heavy (non-hydrogen) atoms. The van der Waals surface area contributed by atoms with E-state index in [0.29, 0.717) is 11.3 Å². The van der Waals surface area contributed by atoms with E-state index in [4.69, 9.17) is 9.47 Å². The summed E-state index contributed by atoms with van der Waals surface area (Å²) in [7, 11) is 1.53. The molecule has 1 aromatic carbocycles. The molecular weight excluding hydrogens is 312 g/mol. The molecule has 0 N–H and O–H groups in total. The molecule has 0 aromatic heterocycles. The molecule has 0 radical (unpaired) electrons. The SMILES string of the molecule is CCOC(=O)C(C)(C(=O)CBr)c1cccc(OC)c1. The molecule has 0 saturated carbocycles. The van der Waals surface area contributed by atoms with Gasteiger partial charge in [-0.3, -0.25) is 9.59 Å². The van der Waals surface area contributed by atoms with E-state index >= 15 is 0 Å². The zero-order valence-corrected chi connectivity index (χ0v) is 12.8. The minimum absolute atomic E-state index is 0.0829. The maximum atomic E-state index is 12.2. The number of hydrogen-bond acceptors (Lipinski definition) is 4. The van der Waals surface area contributed by atoms with Gasteiger partial charge in [0.15, 0.2) is 5.78 Å². The number of carbonyl (C=O) groups excluding carboxylic acids is 2. The molecular formula is C14H17BrO4. The van der Waals surface area contributed by atoms with Gasteiger partial charge in [-0.2, -0.15) is 0 Å². The van der Waals surface area contributed by atoms with Crippen molar-refractivity contribution in [1.29, 1.82) is 0 Å². The average molecular weight is 329 g/mol. The average Bonchev–Trinajstić information content (AvgIpc) is 2.45. The zero-order valence-electron chi connectivity index (χ0n) is 11.2. The van der Waals surface area contributed by atoms with E-state index in [1.807, 2.05) is 0 Å². The number of carbonyl (C=O) groups is 2. The highest BCUT2D eigenvalue weighted by Gasteiger charge is 2.43. The summed E-state index contributed by atoms with van der Waals surface area (Å²) >= 11 is 3.11. The van der Waals surface area contributed by atoms with Gasteiger partial charge in [0, 0.05) is 0 Å². The van der Waals surface area contributed by atoms with Crippen LogP contribution in [0.2, 0.25) is 0 Å². The third kappa shape index (κ3) is 3.15. The summed E-state index contributed by atoms with van der Waals surface area (Å²) < 4.78 is 10.2. The first-order valence-electron chi connectivity index (χ1n) is 5.91. The lowest BCUT2D eigenvalue weighted by Gasteiger charge is -2.25. The van der Waals surface area contributed by atoms with E-state index in [0.717, 1.165) is 0 Å².